The number of amides is 1. The number of hydrogen-bond acceptors (Lipinski definition) is 7. The Balaban J connectivity index is 1.58. The Hall–Kier alpha value is -2.23. The normalized spacial score (nSPS) is 15.6. The molecule has 1 amide bonds. The number of ether oxygens (including phenoxy) is 1. The molecule has 1 aliphatic heterocycles. The number of rotatable bonds is 6. The average molecular weight is 402 g/mol. The zero-order chi connectivity index (χ0) is 18.5. The summed E-state index contributed by atoms with van der Waals surface area (Å²) in [4.78, 5) is 16.3. The predicted molar refractivity (Wildman–Crippen MR) is 104 cm³/mol. The monoisotopic (exact) mass is 401 g/mol. The zero-order valence-electron chi connectivity index (χ0n) is 14.6. The molecule has 7 nitrogen and oxygen atoms in total. The van der Waals surface area contributed by atoms with E-state index in [0.29, 0.717) is 38.0 Å². The molecule has 0 aliphatic carbocycles. The summed E-state index contributed by atoms with van der Waals surface area (Å²) in [6.07, 6.45) is 0. The molecule has 0 N–H and O–H groups in total. The second-order valence-electron chi connectivity index (χ2n) is 6.04. The SMILES string of the molecule is O=C(C(Sc1nnnn1Cc1cccs1)c1ccccc1)N1CCOCC1. The molecular formula is C18H19N5O2S2. The van der Waals surface area contributed by atoms with Gasteiger partial charge in [-0.05, 0) is 27.4 Å². The highest BCUT2D eigenvalue weighted by atomic mass is 32.2. The van der Waals surface area contributed by atoms with Gasteiger partial charge in [0.05, 0.1) is 19.8 Å². The molecule has 0 spiro atoms. The van der Waals surface area contributed by atoms with Crippen LogP contribution in [0.1, 0.15) is 15.7 Å². The van der Waals surface area contributed by atoms with E-state index in [-0.39, 0.29) is 5.91 Å². The molecule has 1 saturated heterocycles. The molecule has 140 valence electrons. The number of morpholine rings is 1. The summed E-state index contributed by atoms with van der Waals surface area (Å²) in [7, 11) is 0. The smallest absolute Gasteiger partial charge is 0.240 e. The summed E-state index contributed by atoms with van der Waals surface area (Å²) >= 11 is 3.06. The van der Waals surface area contributed by atoms with E-state index in [9.17, 15) is 4.79 Å². The molecule has 1 atom stereocenters. The Labute approximate surface area is 165 Å². The van der Waals surface area contributed by atoms with E-state index >= 15 is 0 Å². The molecule has 1 aliphatic rings. The van der Waals surface area contributed by atoms with Gasteiger partial charge in [0.15, 0.2) is 0 Å². The Morgan fingerprint density at radius 3 is 2.74 bits per heavy atom. The average Bonchev–Trinajstić information content (AvgIpc) is 3.39. The van der Waals surface area contributed by atoms with Crippen molar-refractivity contribution in [1.82, 2.24) is 25.1 Å². The van der Waals surface area contributed by atoms with Crippen LogP contribution >= 0.6 is 23.1 Å². The standard InChI is InChI=1S/C18H19N5O2S2/c24-17(22-8-10-25-11-9-22)16(14-5-2-1-3-6-14)27-18-19-20-21-23(18)13-15-7-4-12-26-15/h1-7,12,16H,8-11,13H2. The molecule has 0 saturated carbocycles. The first-order valence-corrected chi connectivity index (χ1v) is 10.4. The van der Waals surface area contributed by atoms with Gasteiger partial charge in [0.1, 0.15) is 5.25 Å². The van der Waals surface area contributed by atoms with Crippen molar-refractivity contribution < 1.29 is 9.53 Å². The van der Waals surface area contributed by atoms with Gasteiger partial charge >= 0.3 is 0 Å². The van der Waals surface area contributed by atoms with Crippen LogP contribution < -0.4 is 0 Å². The summed E-state index contributed by atoms with van der Waals surface area (Å²) in [5, 5.41) is 14.4. The third kappa shape index (κ3) is 4.37. The van der Waals surface area contributed by atoms with Gasteiger partial charge in [-0.25, -0.2) is 4.68 Å². The van der Waals surface area contributed by atoms with E-state index in [4.69, 9.17) is 4.74 Å². The van der Waals surface area contributed by atoms with Crippen molar-refractivity contribution in [1.29, 1.82) is 0 Å². The summed E-state index contributed by atoms with van der Waals surface area (Å²) in [5.74, 6) is 0.0696. The number of thiophene rings is 1. The lowest BCUT2D eigenvalue weighted by Crippen LogP contribution is -2.42. The van der Waals surface area contributed by atoms with Gasteiger partial charge in [-0.15, -0.1) is 16.4 Å². The van der Waals surface area contributed by atoms with Crippen LogP contribution in [0.3, 0.4) is 0 Å². The topological polar surface area (TPSA) is 73.1 Å². The molecular weight excluding hydrogens is 382 g/mol. The molecule has 2 aromatic heterocycles. The van der Waals surface area contributed by atoms with Crippen LogP contribution in [0, 0.1) is 0 Å². The van der Waals surface area contributed by atoms with Gasteiger partial charge in [0.25, 0.3) is 0 Å². The number of tetrazole rings is 1. The Bertz CT molecular complexity index is 863. The molecule has 0 bridgehead atoms. The summed E-state index contributed by atoms with van der Waals surface area (Å²) in [6, 6.07) is 13.9. The maximum absolute atomic E-state index is 13.2. The van der Waals surface area contributed by atoms with Crippen molar-refractivity contribution in [2.24, 2.45) is 0 Å². The predicted octanol–water partition coefficient (Wildman–Crippen LogP) is 2.48. The fourth-order valence-corrected chi connectivity index (χ4v) is 4.62. The quantitative estimate of drug-likeness (QED) is 0.591. The lowest BCUT2D eigenvalue weighted by Gasteiger charge is -2.30. The molecule has 3 heterocycles. The first-order chi connectivity index (χ1) is 13.3. The van der Waals surface area contributed by atoms with E-state index < -0.39 is 5.25 Å². The first-order valence-electron chi connectivity index (χ1n) is 8.68. The number of carbonyl (C=O) groups excluding carboxylic acids is 1. The van der Waals surface area contributed by atoms with Crippen LogP contribution in [-0.4, -0.2) is 57.3 Å². The van der Waals surface area contributed by atoms with Gasteiger partial charge in [-0.1, -0.05) is 48.2 Å². The van der Waals surface area contributed by atoms with Crippen molar-refractivity contribution in [2.75, 3.05) is 26.3 Å². The van der Waals surface area contributed by atoms with Gasteiger partial charge in [0.2, 0.25) is 11.1 Å². The third-order valence-electron chi connectivity index (χ3n) is 4.26. The van der Waals surface area contributed by atoms with Crippen LogP contribution in [0.25, 0.3) is 0 Å². The maximum Gasteiger partial charge on any atom is 0.240 e. The minimum absolute atomic E-state index is 0.0696. The lowest BCUT2D eigenvalue weighted by atomic mass is 10.1. The van der Waals surface area contributed by atoms with Crippen molar-refractivity contribution in [2.45, 2.75) is 17.0 Å². The Kier molecular flexibility index (Phi) is 5.81. The molecule has 27 heavy (non-hydrogen) atoms. The van der Waals surface area contributed by atoms with Gasteiger partial charge < -0.3 is 9.64 Å². The molecule has 4 rings (SSSR count). The molecule has 0 radical (unpaired) electrons. The van der Waals surface area contributed by atoms with E-state index in [2.05, 4.69) is 15.5 Å². The van der Waals surface area contributed by atoms with Crippen LogP contribution in [0.2, 0.25) is 0 Å². The Morgan fingerprint density at radius 2 is 2.00 bits per heavy atom. The molecule has 1 unspecified atom stereocenters. The van der Waals surface area contributed by atoms with Crippen LogP contribution in [-0.2, 0) is 16.1 Å². The van der Waals surface area contributed by atoms with Crippen molar-refractivity contribution >= 4 is 29.0 Å². The second kappa shape index (κ2) is 8.64. The number of benzene rings is 1. The Morgan fingerprint density at radius 1 is 1.19 bits per heavy atom. The maximum atomic E-state index is 13.2. The summed E-state index contributed by atoms with van der Waals surface area (Å²) in [6.45, 7) is 2.98. The van der Waals surface area contributed by atoms with Gasteiger partial charge in [0, 0.05) is 18.0 Å². The van der Waals surface area contributed by atoms with Gasteiger partial charge in [-0.3, -0.25) is 4.79 Å². The number of thioether (sulfide) groups is 1. The fourth-order valence-electron chi connectivity index (χ4n) is 2.87. The highest BCUT2D eigenvalue weighted by molar-refractivity contribution is 8.00. The number of hydrogen-bond donors (Lipinski definition) is 0. The summed E-state index contributed by atoms with van der Waals surface area (Å²) < 4.78 is 7.13. The minimum atomic E-state index is -0.391. The number of carbonyl (C=O) groups is 1. The molecule has 3 aromatic rings. The highest BCUT2D eigenvalue weighted by Gasteiger charge is 2.30. The van der Waals surface area contributed by atoms with Gasteiger partial charge in [-0.2, -0.15) is 0 Å². The lowest BCUT2D eigenvalue weighted by molar-refractivity contribution is -0.134. The third-order valence-corrected chi connectivity index (χ3v) is 6.33. The second-order valence-corrected chi connectivity index (χ2v) is 8.15. The van der Waals surface area contributed by atoms with Crippen LogP contribution in [0.4, 0.5) is 0 Å². The highest BCUT2D eigenvalue weighted by Crippen LogP contribution is 2.36. The van der Waals surface area contributed by atoms with E-state index in [0.717, 1.165) is 5.56 Å². The molecule has 1 aromatic carbocycles. The number of aromatic nitrogens is 4. The molecule has 9 heteroatoms. The largest absolute Gasteiger partial charge is 0.378 e. The van der Waals surface area contributed by atoms with Crippen LogP contribution in [0.5, 0.6) is 0 Å². The fraction of sp³-hybridized carbons (Fsp3) is 0.333. The van der Waals surface area contributed by atoms with Crippen molar-refractivity contribution in [3.8, 4) is 0 Å². The van der Waals surface area contributed by atoms with E-state index in [1.54, 1.807) is 16.0 Å². The molecule has 1 fully saturated rings. The first kappa shape index (κ1) is 18.1. The van der Waals surface area contributed by atoms with E-state index in [1.807, 2.05) is 52.7 Å². The van der Waals surface area contributed by atoms with Crippen molar-refractivity contribution in [3.05, 3.63) is 58.3 Å². The number of nitrogens with zero attached hydrogens (tertiary/aromatic N) is 5. The van der Waals surface area contributed by atoms with Crippen LogP contribution in [0.15, 0.2) is 53.0 Å². The zero-order valence-corrected chi connectivity index (χ0v) is 16.2. The summed E-state index contributed by atoms with van der Waals surface area (Å²) in [5.41, 5.74) is 0.949. The minimum Gasteiger partial charge on any atom is -0.378 e. The van der Waals surface area contributed by atoms with Crippen molar-refractivity contribution in [3.63, 3.8) is 0 Å². The van der Waals surface area contributed by atoms with E-state index in [1.165, 1.54) is 16.6 Å².